The Balaban J connectivity index is 1.30. The lowest BCUT2D eigenvalue weighted by atomic mass is 10.1. The molecule has 0 bridgehead atoms. The van der Waals surface area contributed by atoms with Gasteiger partial charge in [-0.3, -0.25) is 14.5 Å². The fourth-order valence-electron chi connectivity index (χ4n) is 4.27. The summed E-state index contributed by atoms with van der Waals surface area (Å²) in [5.41, 5.74) is 1.61. The highest BCUT2D eigenvalue weighted by Crippen LogP contribution is 2.35. The molecule has 2 aromatic heterocycles. The maximum Gasteiger partial charge on any atom is 0.266 e. The van der Waals surface area contributed by atoms with Crippen LogP contribution in [0, 0.1) is 0 Å². The van der Waals surface area contributed by atoms with E-state index in [-0.39, 0.29) is 11.8 Å². The molecule has 2 aliphatic rings. The number of benzene rings is 1. The molecule has 7 nitrogen and oxygen atoms in total. The molecule has 2 saturated heterocycles. The Bertz CT molecular complexity index is 1070. The van der Waals surface area contributed by atoms with Crippen LogP contribution in [0.3, 0.4) is 0 Å². The average molecular weight is 451 g/mol. The highest BCUT2D eigenvalue weighted by molar-refractivity contribution is 7.17. The van der Waals surface area contributed by atoms with E-state index < -0.39 is 0 Å². The second kappa shape index (κ2) is 9.26. The van der Waals surface area contributed by atoms with Crippen molar-refractivity contribution in [3.63, 3.8) is 0 Å². The van der Waals surface area contributed by atoms with E-state index in [0.717, 1.165) is 31.5 Å². The number of aromatic nitrogens is 1. The molecule has 2 aliphatic heterocycles. The number of furan rings is 1. The van der Waals surface area contributed by atoms with E-state index in [4.69, 9.17) is 9.40 Å². The number of piperazine rings is 1. The Morgan fingerprint density at radius 1 is 0.906 bits per heavy atom. The second-order valence-electron chi connectivity index (χ2n) is 8.20. The number of hydrogen-bond acceptors (Lipinski definition) is 6. The minimum absolute atomic E-state index is 0.00956. The first-order chi connectivity index (χ1) is 15.7. The first-order valence-electron chi connectivity index (χ1n) is 11.1. The largest absolute Gasteiger partial charge is 0.462 e. The lowest BCUT2D eigenvalue weighted by Gasteiger charge is -2.34. The van der Waals surface area contributed by atoms with Gasteiger partial charge in [0.2, 0.25) is 5.91 Å². The molecule has 166 valence electrons. The van der Waals surface area contributed by atoms with Crippen LogP contribution in [-0.2, 0) is 4.79 Å². The lowest BCUT2D eigenvalue weighted by Crippen LogP contribution is -2.51. The van der Waals surface area contributed by atoms with Crippen LogP contribution in [0.15, 0.2) is 53.1 Å². The second-order valence-corrected chi connectivity index (χ2v) is 9.20. The number of likely N-dealkylation sites (tertiary alicyclic amines) is 1. The molecule has 32 heavy (non-hydrogen) atoms. The fraction of sp³-hybridized carbons (Fsp3) is 0.375. The first-order valence-corrected chi connectivity index (χ1v) is 11.9. The highest BCUT2D eigenvalue weighted by atomic mass is 32.1. The third-order valence-electron chi connectivity index (χ3n) is 6.08. The minimum Gasteiger partial charge on any atom is -0.462 e. The van der Waals surface area contributed by atoms with E-state index in [0.29, 0.717) is 54.1 Å². The van der Waals surface area contributed by atoms with Crippen molar-refractivity contribution in [1.82, 2.24) is 19.7 Å². The van der Waals surface area contributed by atoms with Gasteiger partial charge in [-0.25, -0.2) is 4.98 Å². The number of carbonyl (C=O) groups excluding carboxylic acids is 2. The summed E-state index contributed by atoms with van der Waals surface area (Å²) >= 11 is 1.37. The van der Waals surface area contributed by atoms with Gasteiger partial charge < -0.3 is 14.2 Å². The Labute approximate surface area is 191 Å². The summed E-state index contributed by atoms with van der Waals surface area (Å²) in [6, 6.07) is 13.5. The van der Waals surface area contributed by atoms with Crippen LogP contribution in [0.1, 0.15) is 22.5 Å². The molecule has 5 rings (SSSR count). The molecule has 1 aromatic carbocycles. The van der Waals surface area contributed by atoms with Gasteiger partial charge in [-0.05, 0) is 25.0 Å². The average Bonchev–Trinajstić information content (AvgIpc) is 3.61. The third-order valence-corrected chi connectivity index (χ3v) is 7.14. The summed E-state index contributed by atoms with van der Waals surface area (Å²) in [6.45, 7) is 4.82. The summed E-state index contributed by atoms with van der Waals surface area (Å²) in [4.78, 5) is 37.3. The maximum atomic E-state index is 13.5. The zero-order valence-corrected chi connectivity index (χ0v) is 18.7. The summed E-state index contributed by atoms with van der Waals surface area (Å²) < 4.78 is 5.52. The van der Waals surface area contributed by atoms with Crippen molar-refractivity contribution in [2.24, 2.45) is 0 Å². The van der Waals surface area contributed by atoms with Gasteiger partial charge in [-0.15, -0.1) is 11.3 Å². The van der Waals surface area contributed by atoms with Gasteiger partial charge in [0.15, 0.2) is 10.8 Å². The van der Waals surface area contributed by atoms with Crippen molar-refractivity contribution in [2.75, 3.05) is 45.8 Å². The minimum atomic E-state index is -0.00956. The summed E-state index contributed by atoms with van der Waals surface area (Å²) in [7, 11) is 0. The molecule has 0 unspecified atom stereocenters. The van der Waals surface area contributed by atoms with Crippen LogP contribution in [0.5, 0.6) is 0 Å². The number of thiazole rings is 1. The van der Waals surface area contributed by atoms with Crippen molar-refractivity contribution >= 4 is 23.2 Å². The molecule has 3 aromatic rings. The van der Waals surface area contributed by atoms with Gasteiger partial charge in [0.25, 0.3) is 5.91 Å². The summed E-state index contributed by atoms with van der Waals surface area (Å²) in [5, 5.41) is 0.701. The highest BCUT2D eigenvalue weighted by Gasteiger charge is 2.29. The molecular weight excluding hydrogens is 424 g/mol. The van der Waals surface area contributed by atoms with Gasteiger partial charge in [0.1, 0.15) is 4.88 Å². The first kappa shape index (κ1) is 20.9. The van der Waals surface area contributed by atoms with Gasteiger partial charge >= 0.3 is 0 Å². The zero-order chi connectivity index (χ0) is 21.9. The fourth-order valence-corrected chi connectivity index (χ4v) is 5.30. The molecule has 0 N–H and O–H groups in total. The lowest BCUT2D eigenvalue weighted by molar-refractivity contribution is -0.131. The van der Waals surface area contributed by atoms with E-state index in [1.807, 2.05) is 52.3 Å². The van der Waals surface area contributed by atoms with Gasteiger partial charge in [-0.1, -0.05) is 30.3 Å². The molecule has 0 saturated carbocycles. The Kier molecular flexibility index (Phi) is 6.05. The van der Waals surface area contributed by atoms with Crippen LogP contribution in [-0.4, -0.2) is 77.3 Å². The van der Waals surface area contributed by atoms with Crippen LogP contribution in [0.4, 0.5) is 0 Å². The summed E-state index contributed by atoms with van der Waals surface area (Å²) in [6.07, 6.45) is 3.82. The number of rotatable bonds is 5. The van der Waals surface area contributed by atoms with E-state index in [1.54, 1.807) is 6.26 Å². The van der Waals surface area contributed by atoms with E-state index in [1.165, 1.54) is 11.3 Å². The Hall–Kier alpha value is -2.97. The number of amides is 2. The molecule has 0 radical (unpaired) electrons. The SMILES string of the molecule is O=C(CN1CCN(C(=O)c2sc(-c3ccco3)nc2-c2ccccc2)CC1)N1CCCC1. The molecule has 2 fully saturated rings. The molecule has 8 heteroatoms. The quantitative estimate of drug-likeness (QED) is 0.596. The van der Waals surface area contributed by atoms with Crippen molar-refractivity contribution in [3.05, 3.63) is 53.6 Å². The van der Waals surface area contributed by atoms with Crippen molar-refractivity contribution < 1.29 is 14.0 Å². The number of carbonyl (C=O) groups is 2. The molecule has 0 aliphatic carbocycles. The van der Waals surface area contributed by atoms with Gasteiger partial charge in [0.05, 0.1) is 18.5 Å². The van der Waals surface area contributed by atoms with Crippen molar-refractivity contribution in [2.45, 2.75) is 12.8 Å². The van der Waals surface area contributed by atoms with Crippen molar-refractivity contribution in [3.8, 4) is 22.0 Å². The van der Waals surface area contributed by atoms with E-state index in [9.17, 15) is 9.59 Å². The monoisotopic (exact) mass is 450 g/mol. The van der Waals surface area contributed by atoms with Crippen LogP contribution in [0.25, 0.3) is 22.0 Å². The van der Waals surface area contributed by atoms with Gasteiger partial charge in [-0.2, -0.15) is 0 Å². The maximum absolute atomic E-state index is 13.5. The van der Waals surface area contributed by atoms with Crippen LogP contribution < -0.4 is 0 Å². The van der Waals surface area contributed by atoms with Gasteiger partial charge in [0, 0.05) is 44.8 Å². The third kappa shape index (κ3) is 4.33. The standard InChI is InChI=1S/C24H26N4O3S/c29-20(27-10-4-5-11-27)17-26-12-14-28(15-13-26)24(30)22-21(18-7-2-1-3-8-18)25-23(32-22)19-9-6-16-31-19/h1-3,6-9,16H,4-5,10-15,17H2. The van der Waals surface area contributed by atoms with Crippen molar-refractivity contribution in [1.29, 1.82) is 0 Å². The predicted molar refractivity (Wildman–Crippen MR) is 123 cm³/mol. The predicted octanol–water partition coefficient (Wildman–Crippen LogP) is 3.45. The molecule has 0 atom stereocenters. The molecule has 2 amide bonds. The smallest absolute Gasteiger partial charge is 0.266 e. The Morgan fingerprint density at radius 2 is 1.66 bits per heavy atom. The van der Waals surface area contributed by atoms with E-state index >= 15 is 0 Å². The topological polar surface area (TPSA) is 69.9 Å². The molecular formula is C24H26N4O3S. The van der Waals surface area contributed by atoms with Crippen LogP contribution >= 0.6 is 11.3 Å². The number of hydrogen-bond donors (Lipinski definition) is 0. The zero-order valence-electron chi connectivity index (χ0n) is 17.9. The number of nitrogens with zero attached hydrogens (tertiary/aromatic N) is 4. The summed E-state index contributed by atoms with van der Waals surface area (Å²) in [5.74, 6) is 0.861. The van der Waals surface area contributed by atoms with E-state index in [2.05, 4.69) is 4.90 Å². The molecule has 4 heterocycles. The molecule has 0 spiro atoms. The van der Waals surface area contributed by atoms with Crippen LogP contribution in [0.2, 0.25) is 0 Å². The normalized spacial score (nSPS) is 17.1. The Morgan fingerprint density at radius 3 is 2.34 bits per heavy atom.